The van der Waals surface area contributed by atoms with E-state index in [0.29, 0.717) is 18.1 Å². The second-order valence-electron chi connectivity index (χ2n) is 4.82. The fourth-order valence-electron chi connectivity index (χ4n) is 2.03. The molecule has 98 valence electrons. The van der Waals surface area contributed by atoms with Crippen molar-refractivity contribution in [2.75, 3.05) is 11.9 Å². The van der Waals surface area contributed by atoms with Crippen molar-refractivity contribution in [3.63, 3.8) is 0 Å². The Bertz CT molecular complexity index is 470. The molecule has 2 rings (SSSR count). The molecule has 1 N–H and O–H groups in total. The predicted octanol–water partition coefficient (Wildman–Crippen LogP) is 1.65. The van der Waals surface area contributed by atoms with Gasteiger partial charge in [0.25, 0.3) is 0 Å². The maximum Gasteiger partial charge on any atom is 0.231 e. The molecule has 0 aliphatic carbocycles. The molecular formula is C12H17N3O2S. The molecule has 0 spiro atoms. The summed E-state index contributed by atoms with van der Waals surface area (Å²) >= 11 is 1.40. The first kappa shape index (κ1) is 13.0. The molecule has 0 saturated carbocycles. The van der Waals surface area contributed by atoms with Gasteiger partial charge in [0.05, 0.1) is 11.6 Å². The summed E-state index contributed by atoms with van der Waals surface area (Å²) in [4.78, 5) is 29.7. The standard InChI is InChI=1S/C12H17N3O2S/c1-7(2)15-5-9(4-10(15)16)11(17)14-12-13-8(3)6-18-12/h6-7,9H,4-5H2,1-3H3,(H,13,14,17). The average molecular weight is 267 g/mol. The van der Waals surface area contributed by atoms with Crippen LogP contribution in [0.1, 0.15) is 26.0 Å². The molecular weight excluding hydrogens is 250 g/mol. The van der Waals surface area contributed by atoms with Crippen LogP contribution in [0, 0.1) is 12.8 Å². The topological polar surface area (TPSA) is 62.3 Å². The van der Waals surface area contributed by atoms with Gasteiger partial charge in [0.1, 0.15) is 0 Å². The van der Waals surface area contributed by atoms with Crippen molar-refractivity contribution in [2.24, 2.45) is 5.92 Å². The van der Waals surface area contributed by atoms with Gasteiger partial charge in [-0.3, -0.25) is 9.59 Å². The van der Waals surface area contributed by atoms with Gasteiger partial charge in [0, 0.05) is 24.4 Å². The molecule has 2 amide bonds. The molecule has 0 aromatic carbocycles. The number of aryl methyl sites for hydroxylation is 1. The monoisotopic (exact) mass is 267 g/mol. The fourth-order valence-corrected chi connectivity index (χ4v) is 2.72. The van der Waals surface area contributed by atoms with Crippen LogP contribution in [0.15, 0.2) is 5.38 Å². The van der Waals surface area contributed by atoms with E-state index in [-0.39, 0.29) is 23.8 Å². The van der Waals surface area contributed by atoms with E-state index in [0.717, 1.165) is 5.69 Å². The minimum Gasteiger partial charge on any atom is -0.339 e. The first-order valence-electron chi connectivity index (χ1n) is 6.00. The van der Waals surface area contributed by atoms with Crippen LogP contribution < -0.4 is 5.32 Å². The summed E-state index contributed by atoms with van der Waals surface area (Å²) in [6.07, 6.45) is 0.300. The summed E-state index contributed by atoms with van der Waals surface area (Å²) in [5.41, 5.74) is 0.890. The number of rotatable bonds is 3. The number of thiazole rings is 1. The Balaban J connectivity index is 1.97. The Morgan fingerprint density at radius 2 is 2.33 bits per heavy atom. The molecule has 1 saturated heterocycles. The van der Waals surface area contributed by atoms with Gasteiger partial charge in [-0.2, -0.15) is 0 Å². The van der Waals surface area contributed by atoms with Gasteiger partial charge in [-0.15, -0.1) is 11.3 Å². The number of anilines is 1. The van der Waals surface area contributed by atoms with E-state index in [2.05, 4.69) is 10.3 Å². The highest BCUT2D eigenvalue weighted by Crippen LogP contribution is 2.22. The van der Waals surface area contributed by atoms with Gasteiger partial charge < -0.3 is 10.2 Å². The van der Waals surface area contributed by atoms with Gasteiger partial charge >= 0.3 is 0 Å². The smallest absolute Gasteiger partial charge is 0.231 e. The van der Waals surface area contributed by atoms with Crippen LogP contribution in [-0.4, -0.2) is 34.3 Å². The van der Waals surface area contributed by atoms with Crippen LogP contribution in [0.5, 0.6) is 0 Å². The van der Waals surface area contributed by atoms with Crippen molar-refractivity contribution in [3.05, 3.63) is 11.1 Å². The SMILES string of the molecule is Cc1csc(NC(=O)C2CC(=O)N(C(C)C)C2)n1. The number of carbonyl (C=O) groups is 2. The van der Waals surface area contributed by atoms with Gasteiger partial charge in [0.15, 0.2) is 5.13 Å². The highest BCUT2D eigenvalue weighted by molar-refractivity contribution is 7.13. The zero-order valence-electron chi connectivity index (χ0n) is 10.8. The maximum atomic E-state index is 12.0. The molecule has 1 fully saturated rings. The van der Waals surface area contributed by atoms with E-state index in [1.54, 1.807) is 4.90 Å². The lowest BCUT2D eigenvalue weighted by molar-refractivity contribution is -0.129. The zero-order chi connectivity index (χ0) is 13.3. The number of hydrogen-bond acceptors (Lipinski definition) is 4. The Labute approximate surface area is 110 Å². The highest BCUT2D eigenvalue weighted by Gasteiger charge is 2.35. The van der Waals surface area contributed by atoms with Gasteiger partial charge in [-0.1, -0.05) is 0 Å². The molecule has 1 aliphatic heterocycles. The molecule has 1 aromatic heterocycles. The number of aromatic nitrogens is 1. The minimum absolute atomic E-state index is 0.0560. The quantitative estimate of drug-likeness (QED) is 0.905. The summed E-state index contributed by atoms with van der Waals surface area (Å²) < 4.78 is 0. The molecule has 0 radical (unpaired) electrons. The lowest BCUT2D eigenvalue weighted by Gasteiger charge is -2.20. The summed E-state index contributed by atoms with van der Waals surface area (Å²) in [6.45, 7) is 6.31. The normalized spacial score (nSPS) is 19.7. The van der Waals surface area contributed by atoms with Crippen LogP contribution >= 0.6 is 11.3 Å². The van der Waals surface area contributed by atoms with Gasteiger partial charge in [-0.25, -0.2) is 4.98 Å². The molecule has 6 heteroatoms. The molecule has 5 nitrogen and oxygen atoms in total. The molecule has 1 atom stereocenters. The second-order valence-corrected chi connectivity index (χ2v) is 5.68. The van der Waals surface area contributed by atoms with Crippen LogP contribution in [0.2, 0.25) is 0 Å². The number of amides is 2. The number of nitrogens with zero attached hydrogens (tertiary/aromatic N) is 2. The van der Waals surface area contributed by atoms with Crippen molar-refractivity contribution in [2.45, 2.75) is 33.2 Å². The van der Waals surface area contributed by atoms with E-state index in [9.17, 15) is 9.59 Å². The average Bonchev–Trinajstić information content (AvgIpc) is 2.85. The largest absolute Gasteiger partial charge is 0.339 e. The van der Waals surface area contributed by atoms with Gasteiger partial charge in [0.2, 0.25) is 11.8 Å². The van der Waals surface area contributed by atoms with Crippen molar-refractivity contribution >= 4 is 28.3 Å². The maximum absolute atomic E-state index is 12.0. The molecule has 0 bridgehead atoms. The summed E-state index contributed by atoms with van der Waals surface area (Å²) in [6, 6.07) is 0.150. The first-order valence-corrected chi connectivity index (χ1v) is 6.88. The second kappa shape index (κ2) is 5.06. The van der Waals surface area contributed by atoms with Crippen molar-refractivity contribution < 1.29 is 9.59 Å². The van der Waals surface area contributed by atoms with E-state index in [1.165, 1.54) is 11.3 Å². The van der Waals surface area contributed by atoms with Gasteiger partial charge in [-0.05, 0) is 20.8 Å². The van der Waals surface area contributed by atoms with Crippen LogP contribution in [0.3, 0.4) is 0 Å². The Hall–Kier alpha value is -1.43. The van der Waals surface area contributed by atoms with Crippen LogP contribution in [-0.2, 0) is 9.59 Å². The Morgan fingerprint density at radius 3 is 2.83 bits per heavy atom. The summed E-state index contributed by atoms with van der Waals surface area (Å²) in [5.74, 6) is -0.314. The number of likely N-dealkylation sites (tertiary alicyclic amines) is 1. The van der Waals surface area contributed by atoms with Crippen LogP contribution in [0.4, 0.5) is 5.13 Å². The van der Waals surface area contributed by atoms with E-state index in [1.807, 2.05) is 26.2 Å². The minimum atomic E-state index is -0.260. The molecule has 18 heavy (non-hydrogen) atoms. The third kappa shape index (κ3) is 2.69. The van der Waals surface area contributed by atoms with E-state index >= 15 is 0 Å². The number of hydrogen-bond donors (Lipinski definition) is 1. The molecule has 1 unspecified atom stereocenters. The highest BCUT2D eigenvalue weighted by atomic mass is 32.1. The molecule has 2 heterocycles. The van der Waals surface area contributed by atoms with Crippen molar-refractivity contribution in [1.29, 1.82) is 0 Å². The van der Waals surface area contributed by atoms with Crippen LogP contribution in [0.25, 0.3) is 0 Å². The first-order chi connectivity index (χ1) is 8.47. The summed E-state index contributed by atoms with van der Waals surface area (Å²) in [5, 5.41) is 5.26. The predicted molar refractivity (Wildman–Crippen MR) is 70.4 cm³/mol. The molecule has 1 aliphatic rings. The fraction of sp³-hybridized carbons (Fsp3) is 0.583. The third-order valence-electron chi connectivity index (χ3n) is 3.00. The zero-order valence-corrected chi connectivity index (χ0v) is 11.6. The Kier molecular flexibility index (Phi) is 3.65. The van der Waals surface area contributed by atoms with E-state index in [4.69, 9.17) is 0 Å². The lowest BCUT2D eigenvalue weighted by atomic mass is 10.1. The number of nitrogens with one attached hydrogen (secondary N) is 1. The van der Waals surface area contributed by atoms with Crippen molar-refractivity contribution in [1.82, 2.24) is 9.88 Å². The van der Waals surface area contributed by atoms with Crippen molar-refractivity contribution in [3.8, 4) is 0 Å². The Morgan fingerprint density at radius 1 is 1.61 bits per heavy atom. The molecule has 1 aromatic rings. The summed E-state index contributed by atoms with van der Waals surface area (Å²) in [7, 11) is 0. The number of carbonyl (C=O) groups excluding carboxylic acids is 2. The lowest BCUT2D eigenvalue weighted by Crippen LogP contribution is -2.33. The third-order valence-corrected chi connectivity index (χ3v) is 3.88. The van der Waals surface area contributed by atoms with E-state index < -0.39 is 0 Å².